The van der Waals surface area contributed by atoms with Gasteiger partial charge in [0.25, 0.3) is 0 Å². The van der Waals surface area contributed by atoms with E-state index in [1.54, 1.807) is 7.05 Å². The number of ether oxygens (including phenoxy) is 2. The molecule has 1 aromatic heterocycles. The minimum atomic E-state index is -0.803. The van der Waals surface area contributed by atoms with Gasteiger partial charge in [-0.2, -0.15) is 15.0 Å². The van der Waals surface area contributed by atoms with Gasteiger partial charge in [0.2, 0.25) is 17.8 Å². The van der Waals surface area contributed by atoms with Crippen molar-refractivity contribution in [1.82, 2.24) is 15.0 Å². The van der Waals surface area contributed by atoms with E-state index in [-0.39, 0.29) is 38.9 Å². The van der Waals surface area contributed by atoms with Crippen LogP contribution in [-0.4, -0.2) is 95.7 Å². The third kappa shape index (κ3) is 9.31. The van der Waals surface area contributed by atoms with E-state index in [2.05, 4.69) is 30.9 Å². The van der Waals surface area contributed by atoms with E-state index in [0.717, 1.165) is 0 Å². The summed E-state index contributed by atoms with van der Waals surface area (Å²) in [5, 5.41) is 36.8. The van der Waals surface area contributed by atoms with Crippen molar-refractivity contribution in [3.05, 3.63) is 0 Å². The van der Waals surface area contributed by atoms with Gasteiger partial charge in [-0.3, -0.25) is 0 Å². The van der Waals surface area contributed by atoms with E-state index in [4.69, 9.17) is 14.6 Å². The van der Waals surface area contributed by atoms with E-state index in [1.807, 2.05) is 6.92 Å². The van der Waals surface area contributed by atoms with Crippen LogP contribution in [0.3, 0.4) is 0 Å². The molecule has 11 nitrogen and oxygen atoms in total. The van der Waals surface area contributed by atoms with Gasteiger partial charge in [-0.05, 0) is 6.92 Å². The zero-order valence-corrected chi connectivity index (χ0v) is 14.6. The predicted molar refractivity (Wildman–Crippen MR) is 92.8 cm³/mol. The summed E-state index contributed by atoms with van der Waals surface area (Å²) in [6, 6.07) is 0. The third-order valence-corrected chi connectivity index (χ3v) is 2.88. The number of nitrogens with one attached hydrogen (secondary N) is 3. The van der Waals surface area contributed by atoms with Crippen LogP contribution in [0.2, 0.25) is 0 Å². The van der Waals surface area contributed by atoms with Crippen molar-refractivity contribution in [3.63, 3.8) is 0 Å². The van der Waals surface area contributed by atoms with Crippen LogP contribution in [0, 0.1) is 0 Å². The molecule has 6 N–H and O–H groups in total. The van der Waals surface area contributed by atoms with Crippen molar-refractivity contribution in [1.29, 1.82) is 0 Å². The van der Waals surface area contributed by atoms with Crippen molar-refractivity contribution in [2.24, 2.45) is 0 Å². The normalized spacial score (nSPS) is 13.3. The zero-order valence-electron chi connectivity index (χ0n) is 14.6. The standard InChI is InChI=1S/C14H28N6O5/c1-3-24-8-11(23)9-25-7-10(22)6-17-14-19-12(15-2)18-13(20-14)16-4-5-21/h10-11,21-23H,3-9H2,1-2H3,(H3,15,16,17,18,19,20). The molecule has 0 bridgehead atoms. The number of hydrogen-bond donors (Lipinski definition) is 6. The highest BCUT2D eigenvalue weighted by Crippen LogP contribution is 2.08. The van der Waals surface area contributed by atoms with Gasteiger partial charge in [0.1, 0.15) is 6.10 Å². The largest absolute Gasteiger partial charge is 0.395 e. The van der Waals surface area contributed by atoms with Crippen LogP contribution in [0.1, 0.15) is 6.92 Å². The van der Waals surface area contributed by atoms with Crippen molar-refractivity contribution in [3.8, 4) is 0 Å². The molecule has 0 amide bonds. The van der Waals surface area contributed by atoms with Crippen LogP contribution in [-0.2, 0) is 9.47 Å². The number of hydrogen-bond acceptors (Lipinski definition) is 11. The fraction of sp³-hybridized carbons (Fsp3) is 0.786. The molecule has 11 heteroatoms. The molecule has 2 unspecified atom stereocenters. The summed E-state index contributed by atoms with van der Waals surface area (Å²) in [6.07, 6.45) is -1.52. The van der Waals surface area contributed by atoms with E-state index in [0.29, 0.717) is 25.0 Å². The van der Waals surface area contributed by atoms with E-state index in [9.17, 15) is 10.2 Å². The molecule has 0 aliphatic heterocycles. The summed E-state index contributed by atoms with van der Waals surface area (Å²) in [5.74, 6) is 0.929. The monoisotopic (exact) mass is 360 g/mol. The lowest BCUT2D eigenvalue weighted by Crippen LogP contribution is -2.29. The molecule has 1 aromatic rings. The van der Waals surface area contributed by atoms with E-state index >= 15 is 0 Å². The second kappa shape index (κ2) is 12.6. The van der Waals surface area contributed by atoms with Gasteiger partial charge in [-0.25, -0.2) is 0 Å². The average Bonchev–Trinajstić information content (AvgIpc) is 2.62. The maximum absolute atomic E-state index is 9.90. The van der Waals surface area contributed by atoms with Crippen LogP contribution in [0.25, 0.3) is 0 Å². The van der Waals surface area contributed by atoms with Gasteiger partial charge in [0.05, 0.1) is 32.5 Å². The Kier molecular flexibility index (Phi) is 10.7. The Morgan fingerprint density at radius 2 is 1.52 bits per heavy atom. The summed E-state index contributed by atoms with van der Waals surface area (Å²) < 4.78 is 10.3. The average molecular weight is 360 g/mol. The summed E-state index contributed by atoms with van der Waals surface area (Å²) in [5.41, 5.74) is 0. The molecule has 144 valence electrons. The van der Waals surface area contributed by atoms with Gasteiger partial charge < -0.3 is 40.7 Å². The van der Waals surface area contributed by atoms with Gasteiger partial charge >= 0.3 is 0 Å². The molecule has 2 atom stereocenters. The molecule has 1 rings (SSSR count). The molecule has 0 radical (unpaired) electrons. The summed E-state index contributed by atoms with van der Waals surface area (Å²) in [4.78, 5) is 12.3. The quantitative estimate of drug-likeness (QED) is 0.230. The van der Waals surface area contributed by atoms with Crippen LogP contribution in [0.5, 0.6) is 0 Å². The second-order valence-electron chi connectivity index (χ2n) is 5.09. The van der Waals surface area contributed by atoms with Crippen molar-refractivity contribution in [2.75, 3.05) is 69.1 Å². The highest BCUT2D eigenvalue weighted by molar-refractivity contribution is 5.41. The van der Waals surface area contributed by atoms with E-state index < -0.39 is 12.2 Å². The van der Waals surface area contributed by atoms with Crippen molar-refractivity contribution >= 4 is 17.8 Å². The first-order chi connectivity index (χ1) is 12.1. The van der Waals surface area contributed by atoms with Crippen LogP contribution in [0.4, 0.5) is 17.8 Å². The lowest BCUT2D eigenvalue weighted by molar-refractivity contribution is -0.0353. The number of aliphatic hydroxyl groups is 3. The van der Waals surface area contributed by atoms with Crippen molar-refractivity contribution < 1.29 is 24.8 Å². The Morgan fingerprint density at radius 3 is 2.16 bits per heavy atom. The lowest BCUT2D eigenvalue weighted by atomic mass is 10.3. The maximum Gasteiger partial charge on any atom is 0.229 e. The summed E-state index contributed by atoms with van der Waals surface area (Å²) in [6.45, 7) is 3.13. The SMILES string of the molecule is CCOCC(O)COCC(O)CNc1nc(NC)nc(NCCO)n1. The lowest BCUT2D eigenvalue weighted by Gasteiger charge is -2.15. The molecule has 25 heavy (non-hydrogen) atoms. The highest BCUT2D eigenvalue weighted by Gasteiger charge is 2.10. The Morgan fingerprint density at radius 1 is 0.920 bits per heavy atom. The fourth-order valence-corrected chi connectivity index (χ4v) is 1.72. The molecular weight excluding hydrogens is 332 g/mol. The predicted octanol–water partition coefficient (Wildman–Crippen LogP) is -1.50. The minimum Gasteiger partial charge on any atom is -0.395 e. The molecule has 0 saturated carbocycles. The molecule has 0 fully saturated rings. The number of aromatic nitrogens is 3. The smallest absolute Gasteiger partial charge is 0.229 e. The first kappa shape index (κ1) is 21.3. The summed E-state index contributed by atoms with van der Waals surface area (Å²) >= 11 is 0. The first-order valence-corrected chi connectivity index (χ1v) is 8.13. The zero-order chi connectivity index (χ0) is 18.5. The fourth-order valence-electron chi connectivity index (χ4n) is 1.72. The van der Waals surface area contributed by atoms with E-state index in [1.165, 1.54) is 0 Å². The summed E-state index contributed by atoms with van der Waals surface area (Å²) in [7, 11) is 1.67. The van der Waals surface area contributed by atoms with Crippen LogP contribution in [0.15, 0.2) is 0 Å². The Hall–Kier alpha value is -1.79. The molecule has 0 aliphatic carbocycles. The van der Waals surface area contributed by atoms with Gasteiger partial charge in [0, 0.05) is 26.7 Å². The molecule has 0 spiro atoms. The minimum absolute atomic E-state index is 0.0471. The number of aliphatic hydroxyl groups excluding tert-OH is 3. The molecular formula is C14H28N6O5. The van der Waals surface area contributed by atoms with Crippen LogP contribution < -0.4 is 16.0 Å². The molecule has 0 aliphatic rings. The first-order valence-electron chi connectivity index (χ1n) is 8.13. The molecule has 0 saturated heterocycles. The maximum atomic E-state index is 9.90. The van der Waals surface area contributed by atoms with Gasteiger partial charge in [0.15, 0.2) is 0 Å². The highest BCUT2D eigenvalue weighted by atomic mass is 16.5. The molecule has 0 aromatic carbocycles. The number of anilines is 3. The third-order valence-electron chi connectivity index (χ3n) is 2.88. The van der Waals surface area contributed by atoms with Gasteiger partial charge in [-0.15, -0.1) is 0 Å². The van der Waals surface area contributed by atoms with Crippen LogP contribution >= 0.6 is 0 Å². The Labute approximate surface area is 146 Å². The van der Waals surface area contributed by atoms with Crippen molar-refractivity contribution in [2.45, 2.75) is 19.1 Å². The molecule has 1 heterocycles. The number of nitrogens with zero attached hydrogens (tertiary/aromatic N) is 3. The topological polar surface area (TPSA) is 154 Å². The Bertz CT molecular complexity index is 481. The Balaban J connectivity index is 2.37. The second-order valence-corrected chi connectivity index (χ2v) is 5.09. The number of rotatable bonds is 14. The van der Waals surface area contributed by atoms with Gasteiger partial charge in [-0.1, -0.05) is 0 Å².